The lowest BCUT2D eigenvalue weighted by atomic mass is 9.99. The first-order chi connectivity index (χ1) is 12.2. The molecule has 1 fully saturated rings. The molecular weight excluding hydrogens is 316 g/mol. The Morgan fingerprint density at radius 3 is 2.88 bits per heavy atom. The van der Waals surface area contributed by atoms with Crippen molar-refractivity contribution in [2.75, 3.05) is 27.4 Å². The van der Waals surface area contributed by atoms with E-state index < -0.39 is 0 Å². The van der Waals surface area contributed by atoms with E-state index in [0.29, 0.717) is 11.9 Å². The molecule has 5 heteroatoms. The van der Waals surface area contributed by atoms with E-state index in [9.17, 15) is 0 Å². The molecule has 5 nitrogen and oxygen atoms in total. The smallest absolute Gasteiger partial charge is 0.230 e. The molecule has 1 atom stereocenters. The molecular formula is C20H28N2O3. The third-order valence-electron chi connectivity index (χ3n) is 4.99. The van der Waals surface area contributed by atoms with Crippen molar-refractivity contribution < 1.29 is 13.9 Å². The van der Waals surface area contributed by atoms with Gasteiger partial charge >= 0.3 is 0 Å². The average Bonchev–Trinajstić information content (AvgIpc) is 3.01. The van der Waals surface area contributed by atoms with Crippen molar-refractivity contribution in [3.05, 3.63) is 35.7 Å². The van der Waals surface area contributed by atoms with Gasteiger partial charge in [0, 0.05) is 26.3 Å². The number of hydrogen-bond acceptors (Lipinski definition) is 5. The summed E-state index contributed by atoms with van der Waals surface area (Å²) in [5.74, 6) is 2.30. The molecule has 2 aromatic rings. The number of nitrogens with zero attached hydrogens (tertiary/aromatic N) is 2. The van der Waals surface area contributed by atoms with Crippen molar-refractivity contribution in [1.29, 1.82) is 0 Å². The molecule has 136 valence electrons. The Bertz CT molecular complexity index is 683. The van der Waals surface area contributed by atoms with Gasteiger partial charge in [-0.25, -0.2) is 4.98 Å². The van der Waals surface area contributed by atoms with Gasteiger partial charge < -0.3 is 13.9 Å². The second-order valence-electron chi connectivity index (χ2n) is 6.62. The van der Waals surface area contributed by atoms with Crippen LogP contribution in [0.5, 0.6) is 5.75 Å². The fourth-order valence-electron chi connectivity index (χ4n) is 3.55. The second-order valence-corrected chi connectivity index (χ2v) is 6.62. The number of hydrogen-bond donors (Lipinski definition) is 0. The van der Waals surface area contributed by atoms with Crippen LogP contribution in [0, 0.1) is 6.92 Å². The Hall–Kier alpha value is -1.85. The molecule has 0 bridgehead atoms. The summed E-state index contributed by atoms with van der Waals surface area (Å²) in [6.07, 6.45) is 4.86. The zero-order chi connectivity index (χ0) is 17.6. The minimum absolute atomic E-state index is 0.569. The van der Waals surface area contributed by atoms with Crippen LogP contribution in [0.25, 0.3) is 11.5 Å². The summed E-state index contributed by atoms with van der Waals surface area (Å²) in [4.78, 5) is 7.31. The minimum Gasteiger partial charge on any atom is -0.496 e. The Kier molecular flexibility index (Phi) is 6.10. The van der Waals surface area contributed by atoms with Crippen LogP contribution in [-0.4, -0.2) is 43.3 Å². The molecule has 2 heterocycles. The third-order valence-corrected chi connectivity index (χ3v) is 4.99. The highest BCUT2D eigenvalue weighted by Gasteiger charge is 2.24. The largest absolute Gasteiger partial charge is 0.496 e. The second kappa shape index (κ2) is 8.50. The van der Waals surface area contributed by atoms with Gasteiger partial charge in [-0.05, 0) is 44.9 Å². The molecule has 0 N–H and O–H groups in total. The number of piperidine rings is 1. The van der Waals surface area contributed by atoms with Crippen LogP contribution >= 0.6 is 0 Å². The summed E-state index contributed by atoms with van der Waals surface area (Å²) >= 11 is 0. The van der Waals surface area contributed by atoms with Crippen LogP contribution in [0.2, 0.25) is 0 Å². The maximum Gasteiger partial charge on any atom is 0.230 e. The molecule has 0 spiro atoms. The van der Waals surface area contributed by atoms with Crippen LogP contribution in [0.15, 0.2) is 28.7 Å². The summed E-state index contributed by atoms with van der Waals surface area (Å²) < 4.78 is 16.7. The predicted molar refractivity (Wildman–Crippen MR) is 97.8 cm³/mol. The van der Waals surface area contributed by atoms with Crippen LogP contribution in [-0.2, 0) is 11.3 Å². The Morgan fingerprint density at radius 1 is 1.24 bits per heavy atom. The fraction of sp³-hybridized carbons (Fsp3) is 0.550. The summed E-state index contributed by atoms with van der Waals surface area (Å²) in [7, 11) is 3.44. The van der Waals surface area contributed by atoms with Crippen molar-refractivity contribution in [2.24, 2.45) is 0 Å². The van der Waals surface area contributed by atoms with E-state index >= 15 is 0 Å². The molecule has 1 aromatic heterocycles. The van der Waals surface area contributed by atoms with Gasteiger partial charge in [0.05, 0.1) is 18.4 Å². The molecule has 0 amide bonds. The molecule has 0 saturated carbocycles. The highest BCUT2D eigenvalue weighted by molar-refractivity contribution is 5.62. The molecule has 0 unspecified atom stereocenters. The number of aryl methyl sites for hydroxylation is 1. The van der Waals surface area contributed by atoms with Gasteiger partial charge in [-0.2, -0.15) is 0 Å². The first-order valence-electron chi connectivity index (χ1n) is 9.05. The molecule has 1 aliphatic heterocycles. The minimum atomic E-state index is 0.569. The van der Waals surface area contributed by atoms with Gasteiger partial charge in [0.1, 0.15) is 11.5 Å². The van der Waals surface area contributed by atoms with Crippen molar-refractivity contribution in [1.82, 2.24) is 9.88 Å². The number of para-hydroxylation sites is 1. The number of likely N-dealkylation sites (tertiary alicyclic amines) is 1. The lowest BCUT2D eigenvalue weighted by Crippen LogP contribution is -2.39. The highest BCUT2D eigenvalue weighted by Crippen LogP contribution is 2.31. The van der Waals surface area contributed by atoms with Crippen LogP contribution in [0.1, 0.15) is 37.1 Å². The first-order valence-corrected chi connectivity index (χ1v) is 9.05. The van der Waals surface area contributed by atoms with Gasteiger partial charge in [-0.15, -0.1) is 0 Å². The molecule has 1 aliphatic rings. The fourth-order valence-corrected chi connectivity index (χ4v) is 3.55. The predicted octanol–water partition coefficient (Wildman–Crippen LogP) is 4.05. The SMILES string of the molecule is COCC[C@H]1CCCCN1Cc1nc(-c2ccccc2OC)oc1C. The van der Waals surface area contributed by atoms with Crippen molar-refractivity contribution >= 4 is 0 Å². The van der Waals surface area contributed by atoms with Gasteiger partial charge in [-0.1, -0.05) is 18.6 Å². The highest BCUT2D eigenvalue weighted by atomic mass is 16.5. The molecule has 1 aromatic carbocycles. The zero-order valence-corrected chi connectivity index (χ0v) is 15.5. The molecule has 1 saturated heterocycles. The van der Waals surface area contributed by atoms with E-state index in [4.69, 9.17) is 18.9 Å². The maximum absolute atomic E-state index is 5.96. The Balaban J connectivity index is 1.78. The topological polar surface area (TPSA) is 47.7 Å². The Morgan fingerprint density at radius 2 is 2.08 bits per heavy atom. The van der Waals surface area contributed by atoms with E-state index in [2.05, 4.69) is 4.90 Å². The van der Waals surface area contributed by atoms with Crippen LogP contribution < -0.4 is 4.74 Å². The van der Waals surface area contributed by atoms with E-state index in [-0.39, 0.29) is 0 Å². The average molecular weight is 344 g/mol. The number of ether oxygens (including phenoxy) is 2. The van der Waals surface area contributed by atoms with Crippen LogP contribution in [0.4, 0.5) is 0 Å². The number of oxazole rings is 1. The van der Waals surface area contributed by atoms with E-state index in [0.717, 1.165) is 48.9 Å². The summed E-state index contributed by atoms with van der Waals surface area (Å²) in [5, 5.41) is 0. The number of aromatic nitrogens is 1. The molecule has 0 radical (unpaired) electrons. The van der Waals surface area contributed by atoms with Crippen LogP contribution in [0.3, 0.4) is 0 Å². The molecule has 3 rings (SSSR count). The van der Waals surface area contributed by atoms with Gasteiger partial charge in [0.25, 0.3) is 0 Å². The maximum atomic E-state index is 5.96. The van der Waals surface area contributed by atoms with Crippen molar-refractivity contribution in [3.63, 3.8) is 0 Å². The van der Waals surface area contributed by atoms with Gasteiger partial charge in [0.2, 0.25) is 5.89 Å². The van der Waals surface area contributed by atoms with E-state index in [1.165, 1.54) is 19.3 Å². The summed E-state index contributed by atoms with van der Waals surface area (Å²) in [6, 6.07) is 8.41. The lowest BCUT2D eigenvalue weighted by Gasteiger charge is -2.35. The lowest BCUT2D eigenvalue weighted by molar-refractivity contribution is 0.0961. The first kappa shape index (κ1) is 18.0. The third kappa shape index (κ3) is 4.22. The standard InChI is InChI=1S/C20H28N2O3/c1-15-18(14-22-12-7-6-8-16(22)11-13-23-2)21-20(25-15)17-9-4-5-10-19(17)24-3/h4-5,9-10,16H,6-8,11-14H2,1-3H3/t16-/m1/s1. The summed E-state index contributed by atoms with van der Waals surface area (Å²) in [5.41, 5.74) is 1.92. The molecule has 25 heavy (non-hydrogen) atoms. The van der Waals surface area contributed by atoms with Crippen molar-refractivity contribution in [2.45, 2.75) is 45.2 Å². The van der Waals surface area contributed by atoms with Gasteiger partial charge in [0.15, 0.2) is 0 Å². The quantitative estimate of drug-likeness (QED) is 0.758. The summed E-state index contributed by atoms with van der Waals surface area (Å²) in [6.45, 7) is 4.75. The zero-order valence-electron chi connectivity index (χ0n) is 15.5. The van der Waals surface area contributed by atoms with E-state index in [1.807, 2.05) is 31.2 Å². The number of methoxy groups -OCH3 is 2. The normalized spacial score (nSPS) is 18.4. The number of benzene rings is 1. The van der Waals surface area contributed by atoms with Gasteiger partial charge in [-0.3, -0.25) is 4.90 Å². The van der Waals surface area contributed by atoms with Crippen molar-refractivity contribution in [3.8, 4) is 17.2 Å². The number of rotatable bonds is 7. The van der Waals surface area contributed by atoms with E-state index in [1.54, 1.807) is 14.2 Å². The Labute approximate surface area is 149 Å². The monoisotopic (exact) mass is 344 g/mol. The molecule has 0 aliphatic carbocycles.